The van der Waals surface area contributed by atoms with Crippen LogP contribution in [0.5, 0.6) is 0 Å². The summed E-state index contributed by atoms with van der Waals surface area (Å²) in [6, 6.07) is 3.96. The van der Waals surface area contributed by atoms with E-state index < -0.39 is 23.7 Å². The van der Waals surface area contributed by atoms with Crippen LogP contribution in [0.3, 0.4) is 0 Å². The maximum atomic E-state index is 12.5. The lowest BCUT2D eigenvalue weighted by molar-refractivity contribution is -0.132. The molecule has 24 heavy (non-hydrogen) atoms. The predicted molar refractivity (Wildman–Crippen MR) is 83.5 cm³/mol. The van der Waals surface area contributed by atoms with Crippen LogP contribution in [-0.2, 0) is 11.3 Å². The fraction of sp³-hybridized carbons (Fsp3) is 0.312. The van der Waals surface area contributed by atoms with Gasteiger partial charge in [0.05, 0.1) is 12.2 Å². The Kier molecular flexibility index (Phi) is 4.28. The topological polar surface area (TPSA) is 90.5 Å². The number of nitrogens with zero attached hydrogens (tertiary/aromatic N) is 2. The number of nitrogens with one attached hydrogen (secondary N) is 2. The molecule has 3 rings (SSSR count). The quantitative estimate of drug-likeness (QED) is 0.536. The van der Waals surface area contributed by atoms with Crippen LogP contribution in [0.2, 0.25) is 0 Å². The van der Waals surface area contributed by atoms with Gasteiger partial charge in [0, 0.05) is 18.6 Å². The highest BCUT2D eigenvalue weighted by molar-refractivity contribution is 6.19. The first-order valence-electron chi connectivity index (χ1n) is 7.47. The summed E-state index contributed by atoms with van der Waals surface area (Å²) in [5.74, 6) is -0.948. The molecule has 2 heterocycles. The Balaban J connectivity index is 1.71. The van der Waals surface area contributed by atoms with Crippen LogP contribution in [0.1, 0.15) is 30.0 Å². The molecule has 0 aromatic carbocycles. The van der Waals surface area contributed by atoms with Gasteiger partial charge in [-0.1, -0.05) is 6.07 Å². The van der Waals surface area contributed by atoms with E-state index in [4.69, 9.17) is 10.5 Å². The average molecular weight is 334 g/mol. The van der Waals surface area contributed by atoms with Crippen LogP contribution < -0.4 is 5.32 Å². The van der Waals surface area contributed by atoms with E-state index in [9.17, 15) is 13.6 Å². The van der Waals surface area contributed by atoms with Crippen molar-refractivity contribution in [1.82, 2.24) is 14.7 Å². The van der Waals surface area contributed by atoms with Crippen molar-refractivity contribution in [3.63, 3.8) is 0 Å². The predicted octanol–water partition coefficient (Wildman–Crippen LogP) is 2.55. The second-order valence-electron chi connectivity index (χ2n) is 5.69. The number of rotatable bonds is 7. The van der Waals surface area contributed by atoms with E-state index >= 15 is 0 Å². The minimum absolute atomic E-state index is 0.174. The molecule has 1 saturated carbocycles. The van der Waals surface area contributed by atoms with Crippen LogP contribution in [-0.4, -0.2) is 32.6 Å². The minimum Gasteiger partial charge on any atom is -0.478 e. The number of carbonyl (C=O) groups is 1. The van der Waals surface area contributed by atoms with Gasteiger partial charge in [-0.25, -0.2) is 18.6 Å². The van der Waals surface area contributed by atoms with Crippen LogP contribution in [0.15, 0.2) is 36.3 Å². The summed E-state index contributed by atoms with van der Waals surface area (Å²) in [6.07, 6.45) is 4.01. The smallest absolute Gasteiger partial charge is 0.339 e. The molecule has 6 nitrogen and oxygen atoms in total. The second-order valence-corrected chi connectivity index (χ2v) is 5.69. The fourth-order valence-corrected chi connectivity index (χ4v) is 2.43. The van der Waals surface area contributed by atoms with Crippen LogP contribution in [0.4, 0.5) is 8.78 Å². The third kappa shape index (κ3) is 3.42. The van der Waals surface area contributed by atoms with Crippen molar-refractivity contribution in [2.45, 2.75) is 31.7 Å². The molecule has 1 aliphatic carbocycles. The molecule has 0 aliphatic heterocycles. The Morgan fingerprint density at radius 1 is 1.46 bits per heavy atom. The van der Waals surface area contributed by atoms with Gasteiger partial charge in [0.25, 0.3) is 6.43 Å². The number of aliphatic carboxylic acids is 1. The summed E-state index contributed by atoms with van der Waals surface area (Å²) in [5, 5.41) is 18.6. The van der Waals surface area contributed by atoms with Gasteiger partial charge < -0.3 is 14.8 Å². The van der Waals surface area contributed by atoms with Crippen molar-refractivity contribution in [3.8, 4) is 0 Å². The number of carboxylic acids is 1. The summed E-state index contributed by atoms with van der Waals surface area (Å²) in [7, 11) is 0. The molecule has 3 N–H and O–H groups in total. The van der Waals surface area contributed by atoms with Crippen LogP contribution >= 0.6 is 0 Å². The highest BCUT2D eigenvalue weighted by Crippen LogP contribution is 2.39. The van der Waals surface area contributed by atoms with Gasteiger partial charge in [-0.2, -0.15) is 0 Å². The first kappa shape index (κ1) is 16.1. The van der Waals surface area contributed by atoms with Crippen molar-refractivity contribution in [2.75, 3.05) is 0 Å². The molecule has 2 aromatic heterocycles. The van der Waals surface area contributed by atoms with Crippen molar-refractivity contribution in [1.29, 1.82) is 5.41 Å². The molecule has 8 heteroatoms. The largest absolute Gasteiger partial charge is 0.478 e. The number of halogens is 2. The number of alkyl halides is 2. The molecule has 2 aromatic rings. The number of imidazole rings is 1. The standard InChI is InChI=1S/C16H16F2N4O2/c17-15(18)14(19)12(16(23)24)6-20-5-11-8-22-7-10(9-1-2-9)3-4-13(22)21-11/h3-4,6-9,15,19-20H,1-2,5H2,(H,23,24)/b12-6+,19-14?. The third-order valence-electron chi connectivity index (χ3n) is 3.84. The maximum absolute atomic E-state index is 12.5. The molecular formula is C16H16F2N4O2. The Hall–Kier alpha value is -2.77. The zero-order valence-corrected chi connectivity index (χ0v) is 12.7. The SMILES string of the molecule is N=C(/C(=C\NCc1cn2cc(C3CC3)ccc2n1)C(=O)O)C(F)F. The number of pyridine rings is 1. The third-order valence-corrected chi connectivity index (χ3v) is 3.84. The van der Waals surface area contributed by atoms with E-state index in [0.717, 1.165) is 11.8 Å². The van der Waals surface area contributed by atoms with Crippen molar-refractivity contribution in [3.05, 3.63) is 47.6 Å². The molecule has 0 unspecified atom stereocenters. The normalized spacial score (nSPS) is 15.0. The fourth-order valence-electron chi connectivity index (χ4n) is 2.43. The van der Waals surface area contributed by atoms with Crippen LogP contribution in [0.25, 0.3) is 5.65 Å². The summed E-state index contributed by atoms with van der Waals surface area (Å²) in [4.78, 5) is 15.3. The summed E-state index contributed by atoms with van der Waals surface area (Å²) in [5.41, 5.74) is 0.688. The Labute approximate surface area is 136 Å². The minimum atomic E-state index is -3.13. The number of aromatic nitrogens is 2. The number of hydrogen-bond donors (Lipinski definition) is 3. The molecule has 1 fully saturated rings. The van der Waals surface area contributed by atoms with E-state index in [0.29, 0.717) is 11.6 Å². The average Bonchev–Trinajstić information content (AvgIpc) is 3.30. The van der Waals surface area contributed by atoms with Crippen molar-refractivity contribution in [2.24, 2.45) is 0 Å². The van der Waals surface area contributed by atoms with E-state index in [2.05, 4.69) is 10.3 Å². The van der Waals surface area contributed by atoms with E-state index in [1.807, 2.05) is 22.7 Å². The second kappa shape index (κ2) is 6.38. The summed E-state index contributed by atoms with van der Waals surface area (Å²) in [6.45, 7) is 0.174. The highest BCUT2D eigenvalue weighted by atomic mass is 19.3. The van der Waals surface area contributed by atoms with Gasteiger partial charge in [0.15, 0.2) is 0 Å². The molecule has 0 saturated heterocycles. The molecule has 1 aliphatic rings. The number of hydrogen-bond acceptors (Lipinski definition) is 4. The van der Waals surface area contributed by atoms with Gasteiger partial charge in [-0.3, -0.25) is 5.41 Å². The van der Waals surface area contributed by atoms with Gasteiger partial charge in [-0.05, 0) is 30.4 Å². The summed E-state index contributed by atoms with van der Waals surface area (Å²) < 4.78 is 26.8. The number of fused-ring (bicyclic) bond motifs is 1. The summed E-state index contributed by atoms with van der Waals surface area (Å²) >= 11 is 0. The Morgan fingerprint density at radius 2 is 2.21 bits per heavy atom. The van der Waals surface area contributed by atoms with E-state index in [1.54, 1.807) is 6.20 Å². The molecule has 126 valence electrons. The molecule has 0 radical (unpaired) electrons. The van der Waals surface area contributed by atoms with E-state index in [-0.39, 0.29) is 6.54 Å². The zero-order valence-electron chi connectivity index (χ0n) is 12.7. The first-order valence-corrected chi connectivity index (χ1v) is 7.47. The number of carboxylic acid groups (broad SMARTS) is 1. The van der Waals surface area contributed by atoms with Crippen molar-refractivity contribution < 1.29 is 18.7 Å². The van der Waals surface area contributed by atoms with Gasteiger partial charge in [0.2, 0.25) is 0 Å². The van der Waals surface area contributed by atoms with Gasteiger partial charge >= 0.3 is 5.97 Å². The van der Waals surface area contributed by atoms with E-state index in [1.165, 1.54) is 18.4 Å². The Morgan fingerprint density at radius 3 is 2.83 bits per heavy atom. The highest BCUT2D eigenvalue weighted by Gasteiger charge is 2.24. The maximum Gasteiger partial charge on any atom is 0.339 e. The molecule has 0 amide bonds. The van der Waals surface area contributed by atoms with Gasteiger partial charge in [0.1, 0.15) is 16.9 Å². The lowest BCUT2D eigenvalue weighted by Crippen LogP contribution is -2.21. The van der Waals surface area contributed by atoms with Gasteiger partial charge in [-0.15, -0.1) is 0 Å². The zero-order chi connectivity index (χ0) is 17.3. The molecule has 0 atom stereocenters. The Bertz CT molecular complexity index is 825. The lowest BCUT2D eigenvalue weighted by atomic mass is 10.2. The van der Waals surface area contributed by atoms with Crippen LogP contribution in [0, 0.1) is 5.41 Å². The molecular weight excluding hydrogens is 318 g/mol. The molecule has 0 bridgehead atoms. The lowest BCUT2D eigenvalue weighted by Gasteiger charge is -2.04. The van der Waals surface area contributed by atoms with Crippen molar-refractivity contribution >= 4 is 17.3 Å². The molecule has 0 spiro atoms. The monoisotopic (exact) mass is 334 g/mol. The first-order chi connectivity index (χ1) is 11.5.